The van der Waals surface area contributed by atoms with E-state index in [4.69, 9.17) is 17.0 Å². The molecule has 7 heteroatoms. The van der Waals surface area contributed by atoms with Gasteiger partial charge in [0.25, 0.3) is 0 Å². The normalized spacial score (nSPS) is 18.8. The minimum atomic E-state index is -0.0213. The summed E-state index contributed by atoms with van der Waals surface area (Å²) in [6.45, 7) is 1.52. The largest absolute Gasteiger partial charge is 0.385 e. The van der Waals surface area contributed by atoms with Crippen LogP contribution >= 0.6 is 28.1 Å². The molecule has 0 radical (unpaired) electrons. The van der Waals surface area contributed by atoms with Crippen LogP contribution in [-0.4, -0.2) is 39.8 Å². The molecule has 0 bridgehead atoms. The first-order valence-corrected chi connectivity index (χ1v) is 10.8. The second-order valence-electron chi connectivity index (χ2n) is 6.95. The minimum absolute atomic E-state index is 0.0213. The predicted molar refractivity (Wildman–Crippen MR) is 122 cm³/mol. The summed E-state index contributed by atoms with van der Waals surface area (Å²) in [7, 11) is 1.73. The SMILES string of the molecule is COCCCN1C(=S)N[C@H](c2ccccn2)[C@@H]1c1cccn1-c1cccc(Br)c1. The van der Waals surface area contributed by atoms with E-state index in [0.717, 1.165) is 33.9 Å². The number of pyridine rings is 1. The van der Waals surface area contributed by atoms with Crippen molar-refractivity contribution in [3.8, 4) is 5.69 Å². The van der Waals surface area contributed by atoms with E-state index in [0.29, 0.717) is 6.61 Å². The van der Waals surface area contributed by atoms with E-state index >= 15 is 0 Å². The Labute approximate surface area is 184 Å². The maximum Gasteiger partial charge on any atom is 0.170 e. The van der Waals surface area contributed by atoms with Crippen LogP contribution in [0.25, 0.3) is 5.69 Å². The van der Waals surface area contributed by atoms with Crippen molar-refractivity contribution in [3.63, 3.8) is 0 Å². The molecule has 3 heterocycles. The van der Waals surface area contributed by atoms with E-state index in [1.807, 2.05) is 30.5 Å². The fraction of sp³-hybridized carbons (Fsp3) is 0.273. The monoisotopic (exact) mass is 470 g/mol. The first kappa shape index (κ1) is 20.1. The molecule has 0 saturated carbocycles. The molecule has 2 aromatic heterocycles. The van der Waals surface area contributed by atoms with Gasteiger partial charge in [-0.2, -0.15) is 0 Å². The van der Waals surface area contributed by atoms with Gasteiger partial charge < -0.3 is 19.5 Å². The van der Waals surface area contributed by atoms with Gasteiger partial charge in [0.15, 0.2) is 5.11 Å². The molecule has 2 atom stereocenters. The number of benzene rings is 1. The molecule has 0 amide bonds. The molecule has 5 nitrogen and oxygen atoms in total. The summed E-state index contributed by atoms with van der Waals surface area (Å²) in [6.07, 6.45) is 4.83. The van der Waals surface area contributed by atoms with Gasteiger partial charge in [0.2, 0.25) is 0 Å². The van der Waals surface area contributed by atoms with E-state index in [1.54, 1.807) is 7.11 Å². The molecular weight excluding hydrogens is 448 g/mol. The van der Waals surface area contributed by atoms with Crippen molar-refractivity contribution in [2.75, 3.05) is 20.3 Å². The zero-order chi connectivity index (χ0) is 20.2. The Bertz CT molecular complexity index is 978. The smallest absolute Gasteiger partial charge is 0.170 e. The van der Waals surface area contributed by atoms with Gasteiger partial charge in [-0.05, 0) is 61.1 Å². The summed E-state index contributed by atoms with van der Waals surface area (Å²) in [6, 6.07) is 18.6. The highest BCUT2D eigenvalue weighted by molar-refractivity contribution is 9.10. The Morgan fingerprint density at radius 1 is 1.17 bits per heavy atom. The second kappa shape index (κ2) is 9.07. The first-order valence-electron chi connectivity index (χ1n) is 9.59. The molecule has 1 saturated heterocycles. The van der Waals surface area contributed by atoms with Crippen molar-refractivity contribution in [2.24, 2.45) is 0 Å². The maximum absolute atomic E-state index is 5.73. The van der Waals surface area contributed by atoms with Crippen molar-refractivity contribution in [1.82, 2.24) is 19.8 Å². The Morgan fingerprint density at radius 3 is 2.83 bits per heavy atom. The number of halogens is 1. The Balaban J connectivity index is 1.76. The van der Waals surface area contributed by atoms with Gasteiger partial charge in [0.1, 0.15) is 0 Å². The van der Waals surface area contributed by atoms with E-state index < -0.39 is 0 Å². The summed E-state index contributed by atoms with van der Waals surface area (Å²) in [5, 5.41) is 4.26. The molecule has 29 heavy (non-hydrogen) atoms. The van der Waals surface area contributed by atoms with Crippen LogP contribution in [0.15, 0.2) is 71.5 Å². The zero-order valence-corrected chi connectivity index (χ0v) is 18.6. The average molecular weight is 471 g/mol. The highest BCUT2D eigenvalue weighted by atomic mass is 79.9. The van der Waals surface area contributed by atoms with Gasteiger partial charge in [-0.1, -0.05) is 28.1 Å². The zero-order valence-electron chi connectivity index (χ0n) is 16.2. The third-order valence-electron chi connectivity index (χ3n) is 5.11. The van der Waals surface area contributed by atoms with Crippen LogP contribution in [0.4, 0.5) is 0 Å². The summed E-state index contributed by atoms with van der Waals surface area (Å²) in [4.78, 5) is 6.87. The van der Waals surface area contributed by atoms with E-state index in [2.05, 4.69) is 72.2 Å². The summed E-state index contributed by atoms with van der Waals surface area (Å²) in [5.74, 6) is 0. The lowest BCUT2D eigenvalue weighted by Crippen LogP contribution is -2.32. The van der Waals surface area contributed by atoms with Crippen molar-refractivity contribution < 1.29 is 4.74 Å². The molecule has 1 aliphatic heterocycles. The number of thiocarbonyl (C=S) groups is 1. The molecule has 0 spiro atoms. The van der Waals surface area contributed by atoms with Gasteiger partial charge in [0, 0.05) is 48.5 Å². The Kier molecular flexibility index (Phi) is 6.28. The predicted octanol–water partition coefficient (Wildman–Crippen LogP) is 4.64. The van der Waals surface area contributed by atoms with Crippen molar-refractivity contribution in [1.29, 1.82) is 0 Å². The molecule has 1 N–H and O–H groups in total. The molecule has 4 rings (SSSR count). The van der Waals surface area contributed by atoms with Crippen LogP contribution in [0.5, 0.6) is 0 Å². The summed E-state index contributed by atoms with van der Waals surface area (Å²) in [5.41, 5.74) is 3.26. The van der Waals surface area contributed by atoms with Crippen LogP contribution in [-0.2, 0) is 4.74 Å². The van der Waals surface area contributed by atoms with Crippen LogP contribution in [0, 0.1) is 0 Å². The molecule has 150 valence electrons. The molecule has 1 aromatic carbocycles. The highest BCUT2D eigenvalue weighted by Crippen LogP contribution is 2.39. The van der Waals surface area contributed by atoms with Crippen molar-refractivity contribution in [3.05, 3.63) is 82.9 Å². The van der Waals surface area contributed by atoms with Crippen LogP contribution in [0.1, 0.15) is 29.9 Å². The molecule has 0 unspecified atom stereocenters. The fourth-order valence-corrected chi connectivity index (χ4v) is 4.56. The molecule has 1 fully saturated rings. The Hall–Kier alpha value is -2.22. The highest BCUT2D eigenvalue weighted by Gasteiger charge is 2.40. The van der Waals surface area contributed by atoms with Gasteiger partial charge >= 0.3 is 0 Å². The van der Waals surface area contributed by atoms with Crippen molar-refractivity contribution in [2.45, 2.75) is 18.5 Å². The van der Waals surface area contributed by atoms with Crippen LogP contribution < -0.4 is 5.32 Å². The van der Waals surface area contributed by atoms with Crippen LogP contribution in [0.3, 0.4) is 0 Å². The number of hydrogen-bond donors (Lipinski definition) is 1. The van der Waals surface area contributed by atoms with E-state index in [9.17, 15) is 0 Å². The molecule has 3 aromatic rings. The third-order valence-corrected chi connectivity index (χ3v) is 5.96. The lowest BCUT2D eigenvalue weighted by Gasteiger charge is -2.29. The molecule has 0 aliphatic carbocycles. The number of nitrogens with one attached hydrogen (secondary N) is 1. The molecular formula is C22H23BrN4OS. The number of rotatable bonds is 7. The number of ether oxygens (including phenoxy) is 1. The second-order valence-corrected chi connectivity index (χ2v) is 8.25. The quantitative estimate of drug-likeness (QED) is 0.402. The number of hydrogen-bond acceptors (Lipinski definition) is 3. The first-order chi connectivity index (χ1) is 14.2. The van der Waals surface area contributed by atoms with Gasteiger partial charge in [0.05, 0.1) is 17.8 Å². The Morgan fingerprint density at radius 2 is 2.07 bits per heavy atom. The summed E-state index contributed by atoms with van der Waals surface area (Å²) >= 11 is 9.32. The van der Waals surface area contributed by atoms with Gasteiger partial charge in [-0.25, -0.2) is 0 Å². The average Bonchev–Trinajstić information content (AvgIpc) is 3.33. The third kappa shape index (κ3) is 4.22. The summed E-state index contributed by atoms with van der Waals surface area (Å²) < 4.78 is 8.54. The van der Waals surface area contributed by atoms with E-state index in [1.165, 1.54) is 5.69 Å². The maximum atomic E-state index is 5.73. The molecule has 1 aliphatic rings. The number of nitrogens with zero attached hydrogens (tertiary/aromatic N) is 3. The lowest BCUT2D eigenvalue weighted by molar-refractivity contribution is 0.180. The topological polar surface area (TPSA) is 42.3 Å². The minimum Gasteiger partial charge on any atom is -0.385 e. The van der Waals surface area contributed by atoms with Crippen LogP contribution in [0.2, 0.25) is 0 Å². The fourth-order valence-electron chi connectivity index (χ4n) is 3.84. The van der Waals surface area contributed by atoms with Crippen molar-refractivity contribution >= 4 is 33.3 Å². The van der Waals surface area contributed by atoms with Gasteiger partial charge in [-0.3, -0.25) is 4.98 Å². The standard InChI is InChI=1S/C22H23BrN4OS/c1-28-14-6-13-27-21(20(25-22(27)29)18-9-2-3-11-24-18)19-10-5-12-26(19)17-8-4-7-16(23)15-17/h2-5,7-12,15,20-21H,6,13-14H2,1H3,(H,25,29)/t20-,21+/m1/s1. The van der Waals surface area contributed by atoms with Gasteiger partial charge in [-0.15, -0.1) is 0 Å². The lowest BCUT2D eigenvalue weighted by atomic mass is 10.0. The van der Waals surface area contributed by atoms with E-state index in [-0.39, 0.29) is 12.1 Å². The number of methoxy groups -OCH3 is 1. The number of aromatic nitrogens is 2.